The van der Waals surface area contributed by atoms with Crippen LogP contribution in [0.4, 0.5) is 0 Å². The smallest absolute Gasteiger partial charge is 0.271 e. The molecule has 2 amide bonds. The second-order valence-electron chi connectivity index (χ2n) is 5.65. The molecule has 0 aliphatic rings. The van der Waals surface area contributed by atoms with Crippen LogP contribution >= 0.6 is 11.8 Å². The molecule has 0 spiro atoms. The summed E-state index contributed by atoms with van der Waals surface area (Å²) in [5, 5.41) is 0.827. The van der Waals surface area contributed by atoms with Gasteiger partial charge in [-0.3, -0.25) is 20.4 Å². The van der Waals surface area contributed by atoms with Crippen molar-refractivity contribution in [2.75, 3.05) is 5.75 Å². The number of rotatable bonds is 3. The quantitative estimate of drug-likeness (QED) is 0.763. The van der Waals surface area contributed by atoms with Crippen LogP contribution in [0.15, 0.2) is 30.5 Å². The van der Waals surface area contributed by atoms with Gasteiger partial charge in [-0.15, -0.1) is 11.8 Å². The number of aromatic amines is 1. The highest BCUT2D eigenvalue weighted by atomic mass is 32.2. The van der Waals surface area contributed by atoms with Gasteiger partial charge in [0, 0.05) is 21.8 Å². The van der Waals surface area contributed by atoms with E-state index in [1.807, 2.05) is 45.0 Å². The van der Waals surface area contributed by atoms with Crippen LogP contribution in [0.1, 0.15) is 31.1 Å². The van der Waals surface area contributed by atoms with Crippen molar-refractivity contribution in [1.82, 2.24) is 15.8 Å². The maximum Gasteiger partial charge on any atom is 0.271 e. The van der Waals surface area contributed by atoms with E-state index in [4.69, 9.17) is 0 Å². The number of hydrogen-bond donors (Lipinski definition) is 3. The molecule has 0 saturated heterocycles. The fourth-order valence-electron chi connectivity index (χ4n) is 1.77. The van der Waals surface area contributed by atoms with E-state index in [2.05, 4.69) is 15.8 Å². The molecular weight excluding hydrogens is 286 g/mol. The first-order valence-electron chi connectivity index (χ1n) is 6.66. The molecule has 2 aromatic rings. The number of fused-ring (bicyclic) bond motifs is 1. The monoisotopic (exact) mass is 305 g/mol. The van der Waals surface area contributed by atoms with E-state index < -0.39 is 0 Å². The molecule has 21 heavy (non-hydrogen) atoms. The Kier molecular flexibility index (Phi) is 4.57. The van der Waals surface area contributed by atoms with Crippen molar-refractivity contribution in [2.45, 2.75) is 25.5 Å². The highest BCUT2D eigenvalue weighted by molar-refractivity contribution is 8.01. The fourth-order valence-corrected chi connectivity index (χ4v) is 2.41. The number of hydrazine groups is 1. The number of benzene rings is 1. The van der Waals surface area contributed by atoms with Crippen molar-refractivity contribution in [1.29, 1.82) is 0 Å². The molecule has 112 valence electrons. The second kappa shape index (κ2) is 6.22. The average molecular weight is 305 g/mol. The van der Waals surface area contributed by atoms with Gasteiger partial charge in [0.15, 0.2) is 0 Å². The van der Waals surface area contributed by atoms with Crippen molar-refractivity contribution in [3.8, 4) is 0 Å². The number of amides is 2. The Balaban J connectivity index is 1.92. The maximum absolute atomic E-state index is 12.1. The predicted molar refractivity (Wildman–Crippen MR) is 86.1 cm³/mol. The zero-order valence-electron chi connectivity index (χ0n) is 12.3. The molecule has 0 aliphatic heterocycles. The number of para-hydroxylation sites is 1. The van der Waals surface area contributed by atoms with E-state index in [9.17, 15) is 9.59 Å². The Morgan fingerprint density at radius 3 is 2.62 bits per heavy atom. The lowest BCUT2D eigenvalue weighted by Gasteiger charge is -2.17. The van der Waals surface area contributed by atoms with Crippen LogP contribution < -0.4 is 10.9 Å². The minimum atomic E-state index is -0.332. The van der Waals surface area contributed by atoms with Crippen LogP contribution in [0.25, 0.3) is 10.9 Å². The summed E-state index contributed by atoms with van der Waals surface area (Å²) >= 11 is 1.52. The topological polar surface area (TPSA) is 74.0 Å². The normalized spacial score (nSPS) is 11.4. The highest BCUT2D eigenvalue weighted by Crippen LogP contribution is 2.22. The van der Waals surface area contributed by atoms with Gasteiger partial charge < -0.3 is 4.98 Å². The van der Waals surface area contributed by atoms with Gasteiger partial charge in [0.2, 0.25) is 5.91 Å². The minimum Gasteiger partial charge on any atom is -0.360 e. The van der Waals surface area contributed by atoms with Gasteiger partial charge in [-0.25, -0.2) is 0 Å². The maximum atomic E-state index is 12.1. The van der Waals surface area contributed by atoms with Gasteiger partial charge in [0.25, 0.3) is 5.91 Å². The van der Waals surface area contributed by atoms with Gasteiger partial charge in [-0.2, -0.15) is 0 Å². The Morgan fingerprint density at radius 1 is 1.19 bits per heavy atom. The molecule has 0 saturated carbocycles. The van der Waals surface area contributed by atoms with Crippen molar-refractivity contribution in [3.05, 3.63) is 36.0 Å². The molecule has 0 atom stereocenters. The third-order valence-electron chi connectivity index (χ3n) is 2.79. The van der Waals surface area contributed by atoms with Crippen LogP contribution in [0, 0.1) is 0 Å². The number of carbonyl (C=O) groups excluding carboxylic acids is 2. The summed E-state index contributed by atoms with van der Waals surface area (Å²) in [5.41, 5.74) is 6.27. The molecular formula is C15H19N3O2S. The van der Waals surface area contributed by atoms with Gasteiger partial charge in [0.05, 0.1) is 11.3 Å². The van der Waals surface area contributed by atoms with Gasteiger partial charge in [-0.1, -0.05) is 39.0 Å². The molecule has 2 rings (SSSR count). The summed E-state index contributed by atoms with van der Waals surface area (Å²) in [6.45, 7) is 6.11. The molecule has 0 bridgehead atoms. The number of hydrogen-bond acceptors (Lipinski definition) is 3. The first-order chi connectivity index (χ1) is 9.87. The zero-order chi connectivity index (χ0) is 15.5. The first kappa shape index (κ1) is 15.4. The van der Waals surface area contributed by atoms with E-state index in [1.54, 1.807) is 6.20 Å². The SMILES string of the molecule is CC(C)(C)SCC(=O)NNC(=O)c1c[nH]c2ccccc12. The lowest BCUT2D eigenvalue weighted by atomic mass is 10.2. The van der Waals surface area contributed by atoms with Gasteiger partial charge in [0.1, 0.15) is 0 Å². The number of carbonyl (C=O) groups is 2. The molecule has 5 nitrogen and oxygen atoms in total. The van der Waals surface area contributed by atoms with Crippen LogP contribution in [0.2, 0.25) is 0 Å². The van der Waals surface area contributed by atoms with Gasteiger partial charge in [-0.05, 0) is 6.07 Å². The molecule has 0 radical (unpaired) electrons. The second-order valence-corrected chi connectivity index (χ2v) is 7.45. The number of thioether (sulfide) groups is 1. The fraction of sp³-hybridized carbons (Fsp3) is 0.333. The minimum absolute atomic E-state index is 0.0121. The number of nitrogens with one attached hydrogen (secondary N) is 3. The van der Waals surface area contributed by atoms with E-state index >= 15 is 0 Å². The van der Waals surface area contributed by atoms with Crippen LogP contribution in [0.3, 0.4) is 0 Å². The van der Waals surface area contributed by atoms with Crippen LogP contribution in [0.5, 0.6) is 0 Å². The zero-order valence-corrected chi connectivity index (χ0v) is 13.1. The summed E-state index contributed by atoms with van der Waals surface area (Å²) in [6, 6.07) is 7.51. The Labute approximate surface area is 127 Å². The molecule has 1 aromatic heterocycles. The summed E-state index contributed by atoms with van der Waals surface area (Å²) < 4.78 is 0.0121. The molecule has 0 fully saturated rings. The number of aromatic nitrogens is 1. The van der Waals surface area contributed by atoms with E-state index in [1.165, 1.54) is 11.8 Å². The predicted octanol–water partition coefficient (Wildman–Crippen LogP) is 2.46. The third-order valence-corrected chi connectivity index (χ3v) is 4.06. The molecule has 0 aliphatic carbocycles. The summed E-state index contributed by atoms with van der Waals surface area (Å²) in [7, 11) is 0. The third kappa shape index (κ3) is 4.26. The first-order valence-corrected chi connectivity index (χ1v) is 7.64. The van der Waals surface area contributed by atoms with Crippen LogP contribution in [-0.4, -0.2) is 27.3 Å². The molecule has 0 unspecified atom stereocenters. The summed E-state index contributed by atoms with van der Waals surface area (Å²) in [5.74, 6) is -0.248. The lowest BCUT2D eigenvalue weighted by molar-refractivity contribution is -0.119. The molecule has 1 heterocycles. The van der Waals surface area contributed by atoms with Crippen LogP contribution in [-0.2, 0) is 4.79 Å². The summed E-state index contributed by atoms with van der Waals surface area (Å²) in [6.07, 6.45) is 1.63. The lowest BCUT2D eigenvalue weighted by Crippen LogP contribution is -2.42. The molecule has 3 N–H and O–H groups in total. The highest BCUT2D eigenvalue weighted by Gasteiger charge is 2.15. The van der Waals surface area contributed by atoms with Crippen molar-refractivity contribution in [2.24, 2.45) is 0 Å². The van der Waals surface area contributed by atoms with E-state index in [-0.39, 0.29) is 16.6 Å². The van der Waals surface area contributed by atoms with Gasteiger partial charge >= 0.3 is 0 Å². The Hall–Kier alpha value is -1.95. The average Bonchev–Trinajstić information content (AvgIpc) is 2.85. The van der Waals surface area contributed by atoms with E-state index in [0.29, 0.717) is 11.3 Å². The standard InChI is InChI=1S/C15H19N3O2S/c1-15(2,3)21-9-13(19)17-18-14(20)11-8-16-12-7-5-4-6-10(11)12/h4-8,16H,9H2,1-3H3,(H,17,19)(H,18,20). The Bertz CT molecular complexity index is 658. The van der Waals surface area contributed by atoms with Crippen molar-refractivity contribution < 1.29 is 9.59 Å². The molecule has 6 heteroatoms. The van der Waals surface area contributed by atoms with Crippen molar-refractivity contribution >= 4 is 34.5 Å². The van der Waals surface area contributed by atoms with E-state index in [0.717, 1.165) is 10.9 Å². The Morgan fingerprint density at radius 2 is 1.90 bits per heavy atom. The van der Waals surface area contributed by atoms with Crippen molar-refractivity contribution in [3.63, 3.8) is 0 Å². The summed E-state index contributed by atoms with van der Waals surface area (Å²) in [4.78, 5) is 26.8. The number of H-pyrrole nitrogens is 1. The molecule has 1 aromatic carbocycles. The largest absolute Gasteiger partial charge is 0.360 e.